The third-order valence-corrected chi connectivity index (χ3v) is 2.99. The first-order valence-corrected chi connectivity index (χ1v) is 6.38. The van der Waals surface area contributed by atoms with Crippen molar-refractivity contribution in [2.75, 3.05) is 5.32 Å². The van der Waals surface area contributed by atoms with Gasteiger partial charge in [0.25, 0.3) is 0 Å². The van der Waals surface area contributed by atoms with Crippen molar-refractivity contribution in [2.24, 2.45) is 0 Å². The number of aromatic amines is 1. The number of para-hydroxylation sites is 2. The number of aromatic nitrogens is 4. The van der Waals surface area contributed by atoms with E-state index in [1.54, 1.807) is 30.3 Å². The van der Waals surface area contributed by atoms with Crippen LogP contribution in [-0.2, 0) is 0 Å². The van der Waals surface area contributed by atoms with E-state index >= 15 is 0 Å². The van der Waals surface area contributed by atoms with Gasteiger partial charge in [-0.2, -0.15) is 0 Å². The average Bonchev–Trinajstić information content (AvgIpc) is 2.73. The zero-order valence-corrected chi connectivity index (χ0v) is 11.5. The Hall–Kier alpha value is -2.96. The molecule has 0 atom stereocenters. The van der Waals surface area contributed by atoms with Crippen LogP contribution in [0.1, 0.15) is 11.4 Å². The maximum Gasteiger partial charge on any atom is 0.337 e. The Morgan fingerprint density at radius 3 is 2.57 bits per heavy atom. The van der Waals surface area contributed by atoms with Crippen molar-refractivity contribution in [1.29, 1.82) is 0 Å². The van der Waals surface area contributed by atoms with Crippen molar-refractivity contribution in [3.63, 3.8) is 0 Å². The van der Waals surface area contributed by atoms with E-state index in [1.807, 2.05) is 13.8 Å². The van der Waals surface area contributed by atoms with Gasteiger partial charge in [0, 0.05) is 11.4 Å². The van der Waals surface area contributed by atoms with Gasteiger partial charge in [-0.3, -0.25) is 5.32 Å². The number of aryl methyl sites for hydroxylation is 2. The van der Waals surface area contributed by atoms with E-state index in [-0.39, 0.29) is 5.95 Å². The van der Waals surface area contributed by atoms with Crippen LogP contribution in [0.25, 0.3) is 11.0 Å². The van der Waals surface area contributed by atoms with Crippen LogP contribution >= 0.6 is 0 Å². The van der Waals surface area contributed by atoms with Crippen molar-refractivity contribution < 1.29 is 4.79 Å². The second-order valence-electron chi connectivity index (χ2n) is 4.69. The highest BCUT2D eigenvalue weighted by atomic mass is 16.2. The second-order valence-corrected chi connectivity index (χ2v) is 4.69. The maximum atomic E-state index is 12.3. The molecule has 0 fully saturated rings. The van der Waals surface area contributed by atoms with Crippen LogP contribution in [0, 0.1) is 13.8 Å². The van der Waals surface area contributed by atoms with E-state index in [0.717, 1.165) is 16.0 Å². The summed E-state index contributed by atoms with van der Waals surface area (Å²) in [4.78, 5) is 35.1. The number of hydrogen-bond acceptors (Lipinski definition) is 4. The molecule has 2 N–H and O–H groups in total. The van der Waals surface area contributed by atoms with Gasteiger partial charge in [0.05, 0.1) is 11.0 Å². The molecule has 0 saturated carbocycles. The summed E-state index contributed by atoms with van der Waals surface area (Å²) in [6.07, 6.45) is 0. The van der Waals surface area contributed by atoms with Crippen LogP contribution in [0.15, 0.2) is 35.1 Å². The van der Waals surface area contributed by atoms with Crippen LogP contribution in [0.2, 0.25) is 0 Å². The number of H-pyrrole nitrogens is 1. The third-order valence-electron chi connectivity index (χ3n) is 2.99. The molecule has 0 aliphatic carbocycles. The molecular formula is C14H13N5O2. The van der Waals surface area contributed by atoms with Crippen LogP contribution in [-0.4, -0.2) is 25.6 Å². The topological polar surface area (TPSA) is 92.7 Å². The number of fused-ring (bicyclic) bond motifs is 1. The number of benzene rings is 1. The van der Waals surface area contributed by atoms with Crippen molar-refractivity contribution in [3.05, 3.63) is 52.2 Å². The first-order chi connectivity index (χ1) is 10.0. The number of anilines is 1. The Kier molecular flexibility index (Phi) is 3.02. The van der Waals surface area contributed by atoms with Gasteiger partial charge in [-0.1, -0.05) is 12.1 Å². The third kappa shape index (κ3) is 2.40. The van der Waals surface area contributed by atoms with Gasteiger partial charge in [-0.05, 0) is 32.0 Å². The molecule has 0 saturated heterocycles. The monoisotopic (exact) mass is 283 g/mol. The molecule has 2 heterocycles. The standard InChI is InChI=1S/C14H13N5O2/c1-8-7-9(2)16-12(15-8)18-14(21)19-11-6-4-3-5-10(11)17-13(19)20/h3-7H,1-2H3,(H,17,20)(H,15,16,18,21). The Morgan fingerprint density at radius 2 is 1.86 bits per heavy atom. The van der Waals surface area contributed by atoms with Crippen molar-refractivity contribution in [3.8, 4) is 0 Å². The number of carbonyl (C=O) groups excluding carboxylic acids is 1. The lowest BCUT2D eigenvalue weighted by Crippen LogP contribution is -2.29. The van der Waals surface area contributed by atoms with Crippen molar-refractivity contribution >= 4 is 23.0 Å². The smallest absolute Gasteiger partial charge is 0.305 e. The molecule has 0 unspecified atom stereocenters. The molecular weight excluding hydrogens is 270 g/mol. The summed E-state index contributed by atoms with van der Waals surface area (Å²) in [5.41, 5.74) is 2.08. The molecule has 1 amide bonds. The SMILES string of the molecule is Cc1cc(C)nc(NC(=O)n2c(=O)[nH]c3ccccc32)n1. The van der Waals surface area contributed by atoms with E-state index < -0.39 is 11.7 Å². The van der Waals surface area contributed by atoms with Gasteiger partial charge in [-0.15, -0.1) is 0 Å². The second kappa shape index (κ2) is 4.86. The zero-order chi connectivity index (χ0) is 15.0. The van der Waals surface area contributed by atoms with Crippen LogP contribution < -0.4 is 11.0 Å². The number of nitrogens with one attached hydrogen (secondary N) is 2. The van der Waals surface area contributed by atoms with Gasteiger partial charge in [0.2, 0.25) is 5.95 Å². The molecule has 7 heteroatoms. The minimum atomic E-state index is -0.595. The highest BCUT2D eigenvalue weighted by molar-refractivity contribution is 5.96. The molecule has 0 aliphatic rings. The van der Waals surface area contributed by atoms with E-state index in [0.29, 0.717) is 11.0 Å². The summed E-state index contributed by atoms with van der Waals surface area (Å²) in [5, 5.41) is 2.54. The van der Waals surface area contributed by atoms with Gasteiger partial charge in [0.15, 0.2) is 0 Å². The van der Waals surface area contributed by atoms with Crippen molar-refractivity contribution in [2.45, 2.75) is 13.8 Å². The number of hydrogen-bond donors (Lipinski definition) is 2. The molecule has 2 aromatic heterocycles. The molecule has 3 aromatic rings. The molecule has 3 rings (SSSR count). The van der Waals surface area contributed by atoms with Gasteiger partial charge in [-0.25, -0.2) is 24.1 Å². The summed E-state index contributed by atoms with van der Waals surface area (Å²) >= 11 is 0. The predicted octanol–water partition coefficient (Wildman–Crippen LogP) is 1.82. The highest BCUT2D eigenvalue weighted by Gasteiger charge is 2.14. The molecule has 7 nitrogen and oxygen atoms in total. The number of nitrogens with zero attached hydrogens (tertiary/aromatic N) is 3. The molecule has 106 valence electrons. The molecule has 1 aromatic carbocycles. The fourth-order valence-corrected chi connectivity index (χ4v) is 2.19. The predicted molar refractivity (Wildman–Crippen MR) is 78.5 cm³/mol. The summed E-state index contributed by atoms with van der Waals surface area (Å²) in [6.45, 7) is 3.62. The largest absolute Gasteiger partial charge is 0.337 e. The zero-order valence-electron chi connectivity index (χ0n) is 11.5. The fraction of sp³-hybridized carbons (Fsp3) is 0.143. The Morgan fingerprint density at radius 1 is 1.19 bits per heavy atom. The summed E-state index contributed by atoms with van der Waals surface area (Å²) in [5.74, 6) is 0.176. The molecule has 0 spiro atoms. The quantitative estimate of drug-likeness (QED) is 0.712. The van der Waals surface area contributed by atoms with Crippen molar-refractivity contribution in [1.82, 2.24) is 19.5 Å². The number of imidazole rings is 1. The lowest BCUT2D eigenvalue weighted by Gasteiger charge is -2.06. The van der Waals surface area contributed by atoms with Gasteiger partial charge in [0.1, 0.15) is 0 Å². The molecule has 0 bridgehead atoms. The lowest BCUT2D eigenvalue weighted by atomic mass is 10.3. The fourth-order valence-electron chi connectivity index (χ4n) is 2.19. The average molecular weight is 283 g/mol. The van der Waals surface area contributed by atoms with Gasteiger partial charge >= 0.3 is 11.7 Å². The number of amides is 1. The lowest BCUT2D eigenvalue weighted by molar-refractivity contribution is 0.253. The van der Waals surface area contributed by atoms with Crippen LogP contribution in [0.3, 0.4) is 0 Å². The highest BCUT2D eigenvalue weighted by Crippen LogP contribution is 2.10. The summed E-state index contributed by atoms with van der Waals surface area (Å²) in [6, 6.07) is 8.17. The first kappa shape index (κ1) is 13.0. The first-order valence-electron chi connectivity index (χ1n) is 6.38. The van der Waals surface area contributed by atoms with E-state index in [9.17, 15) is 9.59 Å². The Balaban J connectivity index is 2.01. The summed E-state index contributed by atoms with van der Waals surface area (Å²) < 4.78 is 1.02. The minimum absolute atomic E-state index is 0.176. The maximum absolute atomic E-state index is 12.3. The molecule has 0 aliphatic heterocycles. The van der Waals surface area contributed by atoms with Crippen LogP contribution in [0.4, 0.5) is 10.7 Å². The Bertz CT molecular complexity index is 874. The summed E-state index contributed by atoms with van der Waals surface area (Å²) in [7, 11) is 0. The van der Waals surface area contributed by atoms with Gasteiger partial charge < -0.3 is 4.98 Å². The van der Waals surface area contributed by atoms with E-state index in [4.69, 9.17) is 0 Å². The molecule has 21 heavy (non-hydrogen) atoms. The molecule has 0 radical (unpaired) electrons. The Labute approximate surface area is 119 Å². The van der Waals surface area contributed by atoms with E-state index in [2.05, 4.69) is 20.3 Å². The van der Waals surface area contributed by atoms with Crippen LogP contribution in [0.5, 0.6) is 0 Å². The number of carbonyl (C=O) groups is 1. The minimum Gasteiger partial charge on any atom is -0.305 e. The van der Waals surface area contributed by atoms with E-state index in [1.165, 1.54) is 0 Å². The normalized spacial score (nSPS) is 10.8. The number of rotatable bonds is 1.